The van der Waals surface area contributed by atoms with Crippen molar-refractivity contribution in [3.8, 4) is 0 Å². The fourth-order valence-corrected chi connectivity index (χ4v) is 2.40. The van der Waals surface area contributed by atoms with Crippen LogP contribution in [-0.2, 0) is 25.4 Å². The number of nitrogens with zero attached hydrogens (tertiary/aromatic N) is 4. The predicted molar refractivity (Wildman–Crippen MR) is 87.7 cm³/mol. The number of nitrogens with one attached hydrogen (secondary N) is 1. The molecular formula is C14H20ClN5O3. The van der Waals surface area contributed by atoms with Gasteiger partial charge in [-0.1, -0.05) is 13.8 Å². The van der Waals surface area contributed by atoms with E-state index >= 15 is 0 Å². The lowest BCUT2D eigenvalue weighted by Gasteiger charge is -2.17. The number of halogens is 1. The number of hydrogen-bond acceptors (Lipinski definition) is 4. The van der Waals surface area contributed by atoms with Crippen molar-refractivity contribution in [2.45, 2.75) is 33.4 Å². The number of fused-ring (bicyclic) bond motifs is 1. The van der Waals surface area contributed by atoms with Crippen molar-refractivity contribution >= 4 is 28.7 Å². The standard InChI is InChI=1S/C14H20ClN5O3/c1-7(2)8(3)16-9(21)6-20-10-11(17-13(20)15)18(4)14(23)19(5)12(10)22/h7-8H,6H2,1-5H3,(H,16,21). The van der Waals surface area contributed by atoms with E-state index in [1.807, 2.05) is 20.8 Å². The fourth-order valence-electron chi connectivity index (χ4n) is 2.17. The Kier molecular flexibility index (Phi) is 4.65. The molecule has 23 heavy (non-hydrogen) atoms. The number of hydrogen-bond donors (Lipinski definition) is 1. The minimum atomic E-state index is -0.535. The molecule has 126 valence electrons. The first-order valence-electron chi connectivity index (χ1n) is 7.26. The van der Waals surface area contributed by atoms with E-state index in [1.54, 1.807) is 0 Å². The highest BCUT2D eigenvalue weighted by Crippen LogP contribution is 2.15. The summed E-state index contributed by atoms with van der Waals surface area (Å²) >= 11 is 6.07. The Hall–Kier alpha value is -2.09. The van der Waals surface area contributed by atoms with Gasteiger partial charge in [-0.05, 0) is 24.4 Å². The number of rotatable bonds is 4. The van der Waals surface area contributed by atoms with Gasteiger partial charge in [0.2, 0.25) is 11.2 Å². The third-order valence-corrected chi connectivity index (χ3v) is 4.28. The molecule has 2 rings (SSSR count). The van der Waals surface area contributed by atoms with Crippen molar-refractivity contribution < 1.29 is 4.79 Å². The Labute approximate surface area is 137 Å². The molecule has 0 aliphatic carbocycles. The van der Waals surface area contributed by atoms with Gasteiger partial charge < -0.3 is 5.32 Å². The molecule has 1 atom stereocenters. The van der Waals surface area contributed by atoms with E-state index in [0.29, 0.717) is 0 Å². The third-order valence-electron chi connectivity index (χ3n) is 3.99. The van der Waals surface area contributed by atoms with Crippen LogP contribution < -0.4 is 16.6 Å². The maximum atomic E-state index is 12.3. The molecule has 2 aromatic heterocycles. The van der Waals surface area contributed by atoms with Gasteiger partial charge in [-0.3, -0.25) is 23.3 Å². The van der Waals surface area contributed by atoms with Gasteiger partial charge in [-0.25, -0.2) is 4.79 Å². The van der Waals surface area contributed by atoms with E-state index < -0.39 is 11.2 Å². The molecule has 1 unspecified atom stereocenters. The second kappa shape index (κ2) is 6.19. The van der Waals surface area contributed by atoms with E-state index in [0.717, 1.165) is 4.57 Å². The average molecular weight is 342 g/mol. The zero-order chi connectivity index (χ0) is 17.5. The van der Waals surface area contributed by atoms with Crippen molar-refractivity contribution in [2.75, 3.05) is 0 Å². The van der Waals surface area contributed by atoms with Crippen LogP contribution in [0.3, 0.4) is 0 Å². The quantitative estimate of drug-likeness (QED) is 0.807. The van der Waals surface area contributed by atoms with E-state index in [1.165, 1.54) is 23.2 Å². The lowest BCUT2D eigenvalue weighted by Crippen LogP contribution is -2.40. The summed E-state index contributed by atoms with van der Waals surface area (Å²) < 4.78 is 3.51. The average Bonchev–Trinajstić information content (AvgIpc) is 2.80. The van der Waals surface area contributed by atoms with Crippen molar-refractivity contribution in [1.82, 2.24) is 24.0 Å². The molecule has 1 amide bonds. The maximum absolute atomic E-state index is 12.3. The molecule has 0 spiro atoms. The topological polar surface area (TPSA) is 90.9 Å². The van der Waals surface area contributed by atoms with Gasteiger partial charge in [0.05, 0.1) is 0 Å². The molecule has 0 fully saturated rings. The monoisotopic (exact) mass is 341 g/mol. The molecule has 0 bridgehead atoms. The predicted octanol–water partition coefficient (Wildman–Crippen LogP) is 0.248. The molecule has 0 radical (unpaired) electrons. The van der Waals surface area contributed by atoms with Crippen LogP contribution in [0.1, 0.15) is 20.8 Å². The minimum Gasteiger partial charge on any atom is -0.352 e. The summed E-state index contributed by atoms with van der Waals surface area (Å²) in [5.74, 6) is 0.00551. The molecule has 2 aromatic rings. The highest BCUT2D eigenvalue weighted by molar-refractivity contribution is 6.29. The normalized spacial score (nSPS) is 12.8. The van der Waals surface area contributed by atoms with Crippen LogP contribution in [0.2, 0.25) is 5.28 Å². The van der Waals surface area contributed by atoms with Crippen LogP contribution in [0.5, 0.6) is 0 Å². The van der Waals surface area contributed by atoms with Gasteiger partial charge in [0, 0.05) is 20.1 Å². The molecule has 0 aliphatic heterocycles. The van der Waals surface area contributed by atoms with Gasteiger partial charge in [0.15, 0.2) is 11.2 Å². The largest absolute Gasteiger partial charge is 0.352 e. The van der Waals surface area contributed by atoms with Crippen LogP contribution in [0.15, 0.2) is 9.59 Å². The van der Waals surface area contributed by atoms with Gasteiger partial charge in [0.25, 0.3) is 5.56 Å². The third kappa shape index (κ3) is 3.03. The number of carbonyl (C=O) groups is 1. The highest BCUT2D eigenvalue weighted by atomic mass is 35.5. The smallest absolute Gasteiger partial charge is 0.332 e. The second-order valence-electron chi connectivity index (χ2n) is 5.95. The van der Waals surface area contributed by atoms with Gasteiger partial charge >= 0.3 is 5.69 Å². The number of imidazole rings is 1. The molecule has 8 nitrogen and oxygen atoms in total. The summed E-state index contributed by atoms with van der Waals surface area (Å²) in [6.45, 7) is 5.75. The molecular weight excluding hydrogens is 322 g/mol. The van der Waals surface area contributed by atoms with Gasteiger partial charge in [0.1, 0.15) is 6.54 Å². The first-order chi connectivity index (χ1) is 10.6. The van der Waals surface area contributed by atoms with Gasteiger partial charge in [-0.15, -0.1) is 0 Å². The molecule has 0 saturated heterocycles. The SMILES string of the molecule is CC(C)C(C)NC(=O)Cn1c(Cl)nc2c1c(=O)n(C)c(=O)n2C. The van der Waals surface area contributed by atoms with Crippen molar-refractivity contribution in [2.24, 2.45) is 20.0 Å². The Morgan fingerprint density at radius 1 is 1.22 bits per heavy atom. The van der Waals surface area contributed by atoms with Crippen LogP contribution in [0.4, 0.5) is 0 Å². The Balaban J connectivity index is 2.50. The number of aryl methyl sites for hydroxylation is 1. The van der Waals surface area contributed by atoms with Crippen LogP contribution >= 0.6 is 11.6 Å². The zero-order valence-electron chi connectivity index (χ0n) is 13.8. The van der Waals surface area contributed by atoms with E-state index in [4.69, 9.17) is 11.6 Å². The highest BCUT2D eigenvalue weighted by Gasteiger charge is 2.20. The summed E-state index contributed by atoms with van der Waals surface area (Å²) in [6.07, 6.45) is 0. The summed E-state index contributed by atoms with van der Waals surface area (Å²) in [4.78, 5) is 40.5. The first kappa shape index (κ1) is 17.3. The van der Waals surface area contributed by atoms with Crippen LogP contribution in [0, 0.1) is 5.92 Å². The summed E-state index contributed by atoms with van der Waals surface area (Å²) in [6, 6.07) is -0.0109. The maximum Gasteiger partial charge on any atom is 0.332 e. The van der Waals surface area contributed by atoms with E-state index in [-0.39, 0.29) is 40.9 Å². The zero-order valence-corrected chi connectivity index (χ0v) is 14.5. The summed E-state index contributed by atoms with van der Waals surface area (Å²) in [7, 11) is 2.87. The van der Waals surface area contributed by atoms with E-state index in [2.05, 4.69) is 10.3 Å². The molecule has 0 aliphatic rings. The Morgan fingerprint density at radius 2 is 1.83 bits per heavy atom. The van der Waals surface area contributed by atoms with Crippen LogP contribution in [-0.4, -0.2) is 30.6 Å². The van der Waals surface area contributed by atoms with Crippen molar-refractivity contribution in [1.29, 1.82) is 0 Å². The Morgan fingerprint density at radius 3 is 2.39 bits per heavy atom. The van der Waals surface area contributed by atoms with Crippen LogP contribution in [0.25, 0.3) is 11.2 Å². The first-order valence-corrected chi connectivity index (χ1v) is 7.64. The molecule has 0 aromatic carbocycles. The lowest BCUT2D eigenvalue weighted by molar-refractivity contribution is -0.122. The van der Waals surface area contributed by atoms with Crippen molar-refractivity contribution in [3.63, 3.8) is 0 Å². The lowest BCUT2D eigenvalue weighted by atomic mass is 10.1. The Bertz CT molecular complexity index is 877. The van der Waals surface area contributed by atoms with E-state index in [9.17, 15) is 14.4 Å². The van der Waals surface area contributed by atoms with Gasteiger partial charge in [-0.2, -0.15) is 4.98 Å². The van der Waals surface area contributed by atoms with Crippen molar-refractivity contribution in [3.05, 3.63) is 26.1 Å². The molecule has 2 heterocycles. The molecule has 9 heteroatoms. The summed E-state index contributed by atoms with van der Waals surface area (Å²) in [5.41, 5.74) is -0.742. The number of carbonyl (C=O) groups excluding carboxylic acids is 1. The fraction of sp³-hybridized carbons (Fsp3) is 0.571. The number of aromatic nitrogens is 4. The molecule has 1 N–H and O–H groups in total. The minimum absolute atomic E-state index is 0.00866. The molecule has 0 saturated carbocycles. The summed E-state index contributed by atoms with van der Waals surface area (Å²) in [5, 5.41) is 2.84. The second-order valence-corrected chi connectivity index (χ2v) is 6.28. The number of amides is 1.